The fourth-order valence-corrected chi connectivity index (χ4v) is 3.88. The van der Waals surface area contributed by atoms with Crippen LogP contribution in [0.5, 0.6) is 0 Å². The van der Waals surface area contributed by atoms with Crippen molar-refractivity contribution in [2.45, 2.75) is 24.6 Å². The lowest BCUT2D eigenvalue weighted by atomic mass is 10.1. The molecule has 0 radical (unpaired) electrons. The van der Waals surface area contributed by atoms with Gasteiger partial charge in [-0.05, 0) is 54.8 Å². The Morgan fingerprint density at radius 2 is 1.62 bits per heavy atom. The third-order valence-corrected chi connectivity index (χ3v) is 5.05. The van der Waals surface area contributed by atoms with Gasteiger partial charge in [0.15, 0.2) is 0 Å². The van der Waals surface area contributed by atoms with Crippen molar-refractivity contribution in [1.29, 1.82) is 0 Å². The van der Waals surface area contributed by atoms with Gasteiger partial charge in [-0.1, -0.05) is 12.1 Å². The second kappa shape index (κ2) is 6.03. The van der Waals surface area contributed by atoms with Crippen LogP contribution in [0.2, 0.25) is 0 Å². The lowest BCUT2D eigenvalue weighted by Crippen LogP contribution is -2.16. The summed E-state index contributed by atoms with van der Waals surface area (Å²) in [6.07, 6.45) is 0. The number of nitrogens with one attached hydrogen (secondary N) is 1. The molecular formula is C15H15ClFNO2S. The molecule has 0 spiro atoms. The van der Waals surface area contributed by atoms with Crippen molar-refractivity contribution in [3.8, 4) is 0 Å². The summed E-state index contributed by atoms with van der Waals surface area (Å²) in [5.41, 5.74) is 2.08. The number of anilines is 1. The standard InChI is InChI=1S/C15H15ClFNO2S/c1-10-7-13(17)8-11(2)15(10)21(19,20)18-14-5-3-12(9-16)4-6-14/h3-8,18H,9H2,1-2H3. The van der Waals surface area contributed by atoms with Gasteiger partial charge in [-0.25, -0.2) is 12.8 Å². The Morgan fingerprint density at radius 1 is 1.10 bits per heavy atom. The zero-order valence-corrected chi connectivity index (χ0v) is 13.2. The number of hydrogen-bond donors (Lipinski definition) is 1. The molecule has 0 amide bonds. The molecule has 0 heterocycles. The highest BCUT2D eigenvalue weighted by Gasteiger charge is 2.20. The SMILES string of the molecule is Cc1cc(F)cc(C)c1S(=O)(=O)Nc1ccc(CCl)cc1. The van der Waals surface area contributed by atoms with Crippen LogP contribution in [0.3, 0.4) is 0 Å². The van der Waals surface area contributed by atoms with Gasteiger partial charge >= 0.3 is 0 Å². The molecule has 0 fully saturated rings. The molecule has 0 aliphatic carbocycles. The molecule has 2 aromatic carbocycles. The van der Waals surface area contributed by atoms with Crippen LogP contribution in [-0.4, -0.2) is 8.42 Å². The summed E-state index contributed by atoms with van der Waals surface area (Å²) in [6.45, 7) is 3.14. The maximum atomic E-state index is 13.3. The molecule has 2 rings (SSSR count). The van der Waals surface area contributed by atoms with Gasteiger partial charge in [0.2, 0.25) is 0 Å². The number of benzene rings is 2. The van der Waals surface area contributed by atoms with Crippen molar-refractivity contribution in [2.24, 2.45) is 0 Å². The number of hydrogen-bond acceptors (Lipinski definition) is 2. The molecule has 0 atom stereocenters. The van der Waals surface area contributed by atoms with E-state index >= 15 is 0 Å². The Morgan fingerprint density at radius 3 is 2.10 bits per heavy atom. The van der Waals surface area contributed by atoms with E-state index in [4.69, 9.17) is 11.6 Å². The van der Waals surface area contributed by atoms with E-state index in [0.29, 0.717) is 22.7 Å². The number of aryl methyl sites for hydroxylation is 2. The van der Waals surface area contributed by atoms with Gasteiger partial charge in [-0.2, -0.15) is 0 Å². The van der Waals surface area contributed by atoms with Gasteiger partial charge in [0.05, 0.1) is 4.90 Å². The molecule has 0 aliphatic rings. The topological polar surface area (TPSA) is 46.2 Å². The normalized spacial score (nSPS) is 11.4. The van der Waals surface area contributed by atoms with E-state index < -0.39 is 15.8 Å². The van der Waals surface area contributed by atoms with Gasteiger partial charge in [-0.3, -0.25) is 4.72 Å². The van der Waals surface area contributed by atoms with Gasteiger partial charge in [0, 0.05) is 11.6 Å². The van der Waals surface area contributed by atoms with Crippen molar-refractivity contribution >= 4 is 27.3 Å². The highest BCUT2D eigenvalue weighted by atomic mass is 35.5. The Bertz CT molecular complexity index is 735. The molecule has 3 nitrogen and oxygen atoms in total. The van der Waals surface area contributed by atoms with Gasteiger partial charge in [0.25, 0.3) is 10.0 Å². The zero-order valence-electron chi connectivity index (χ0n) is 11.7. The smallest absolute Gasteiger partial charge is 0.262 e. The van der Waals surface area contributed by atoms with Crippen molar-refractivity contribution < 1.29 is 12.8 Å². The van der Waals surface area contributed by atoms with E-state index in [9.17, 15) is 12.8 Å². The van der Waals surface area contributed by atoms with Gasteiger partial charge in [0.1, 0.15) is 5.82 Å². The molecule has 0 saturated carbocycles. The quantitative estimate of drug-likeness (QED) is 0.863. The number of halogens is 2. The van der Waals surface area contributed by atoms with Crippen LogP contribution in [0.4, 0.5) is 10.1 Å². The Kier molecular flexibility index (Phi) is 4.54. The van der Waals surface area contributed by atoms with Crippen molar-refractivity contribution in [3.05, 3.63) is 58.9 Å². The average molecular weight is 328 g/mol. The summed E-state index contributed by atoms with van der Waals surface area (Å²) in [6, 6.07) is 9.19. The summed E-state index contributed by atoms with van der Waals surface area (Å²) in [4.78, 5) is 0.102. The predicted molar refractivity (Wildman–Crippen MR) is 82.7 cm³/mol. The minimum absolute atomic E-state index is 0.102. The number of rotatable bonds is 4. The largest absolute Gasteiger partial charge is 0.280 e. The molecule has 0 bridgehead atoms. The minimum Gasteiger partial charge on any atom is -0.280 e. The van der Waals surface area contributed by atoms with Crippen LogP contribution in [0.25, 0.3) is 0 Å². The van der Waals surface area contributed by atoms with E-state index in [0.717, 1.165) is 5.56 Å². The van der Waals surface area contributed by atoms with Crippen LogP contribution in [-0.2, 0) is 15.9 Å². The lowest BCUT2D eigenvalue weighted by Gasteiger charge is -2.13. The predicted octanol–water partition coefficient (Wildman–Crippen LogP) is 3.98. The fourth-order valence-electron chi connectivity index (χ4n) is 2.19. The summed E-state index contributed by atoms with van der Waals surface area (Å²) >= 11 is 5.69. The first-order valence-corrected chi connectivity index (χ1v) is 8.30. The summed E-state index contributed by atoms with van der Waals surface area (Å²) in [5.74, 6) is -0.0844. The molecule has 0 saturated heterocycles. The number of sulfonamides is 1. The van der Waals surface area contributed by atoms with Gasteiger partial charge in [-0.15, -0.1) is 11.6 Å². The second-order valence-corrected chi connectivity index (χ2v) is 6.69. The third-order valence-electron chi connectivity index (χ3n) is 3.05. The van der Waals surface area contributed by atoms with E-state index in [1.54, 1.807) is 38.1 Å². The molecule has 0 unspecified atom stereocenters. The molecule has 0 aliphatic heterocycles. The van der Waals surface area contributed by atoms with Crippen LogP contribution in [0.15, 0.2) is 41.3 Å². The first kappa shape index (κ1) is 15.8. The van der Waals surface area contributed by atoms with E-state index in [1.165, 1.54) is 12.1 Å². The maximum Gasteiger partial charge on any atom is 0.262 e. The fraction of sp³-hybridized carbons (Fsp3) is 0.200. The van der Waals surface area contributed by atoms with E-state index in [-0.39, 0.29) is 4.90 Å². The van der Waals surface area contributed by atoms with Gasteiger partial charge < -0.3 is 0 Å². The molecule has 21 heavy (non-hydrogen) atoms. The first-order chi connectivity index (χ1) is 9.83. The minimum atomic E-state index is -3.76. The molecule has 0 aromatic heterocycles. The molecule has 2 aromatic rings. The second-order valence-electron chi connectivity index (χ2n) is 4.80. The summed E-state index contributed by atoms with van der Waals surface area (Å²) in [7, 11) is -3.76. The highest BCUT2D eigenvalue weighted by molar-refractivity contribution is 7.92. The van der Waals surface area contributed by atoms with Crippen molar-refractivity contribution in [3.63, 3.8) is 0 Å². The molecule has 6 heteroatoms. The lowest BCUT2D eigenvalue weighted by molar-refractivity contribution is 0.597. The summed E-state index contributed by atoms with van der Waals surface area (Å²) in [5, 5.41) is 0. The van der Waals surface area contributed by atoms with Crippen LogP contribution >= 0.6 is 11.6 Å². The summed E-state index contributed by atoms with van der Waals surface area (Å²) < 4.78 is 40.7. The Balaban J connectivity index is 2.38. The number of alkyl halides is 1. The molecular weight excluding hydrogens is 313 g/mol. The van der Waals surface area contributed by atoms with Crippen molar-refractivity contribution in [2.75, 3.05) is 4.72 Å². The van der Waals surface area contributed by atoms with E-state index in [2.05, 4.69) is 4.72 Å². The molecule has 112 valence electrons. The van der Waals surface area contributed by atoms with Crippen molar-refractivity contribution in [1.82, 2.24) is 0 Å². The van der Waals surface area contributed by atoms with Crippen LogP contribution in [0.1, 0.15) is 16.7 Å². The third kappa shape index (κ3) is 3.54. The zero-order chi connectivity index (χ0) is 15.6. The van der Waals surface area contributed by atoms with Crippen LogP contribution < -0.4 is 4.72 Å². The van der Waals surface area contributed by atoms with Crippen LogP contribution in [0, 0.1) is 19.7 Å². The monoisotopic (exact) mass is 327 g/mol. The van der Waals surface area contributed by atoms with E-state index in [1.807, 2.05) is 0 Å². The highest BCUT2D eigenvalue weighted by Crippen LogP contribution is 2.24. The Labute approximate surface area is 128 Å². The average Bonchev–Trinajstić information content (AvgIpc) is 2.37. The maximum absolute atomic E-state index is 13.3. The Hall–Kier alpha value is -1.59. The first-order valence-electron chi connectivity index (χ1n) is 6.28. The molecule has 1 N–H and O–H groups in total.